The van der Waals surface area contributed by atoms with Gasteiger partial charge in [-0.15, -0.1) is 0 Å². The molecule has 4 heteroatoms. The van der Waals surface area contributed by atoms with Gasteiger partial charge in [-0.25, -0.2) is 4.98 Å². The number of hydrogen-bond donors (Lipinski definition) is 1. The summed E-state index contributed by atoms with van der Waals surface area (Å²) in [5.74, 6) is 1.59. The molecule has 1 aromatic heterocycles. The molecule has 1 aliphatic heterocycles. The first kappa shape index (κ1) is 11.2. The second kappa shape index (κ2) is 4.78. The van der Waals surface area contributed by atoms with Gasteiger partial charge in [0, 0.05) is 6.42 Å². The molecule has 90 valence electrons. The van der Waals surface area contributed by atoms with Gasteiger partial charge in [0.15, 0.2) is 11.5 Å². The maximum atomic E-state index is 5.82. The minimum Gasteiger partial charge on any atom is -0.439 e. The van der Waals surface area contributed by atoms with Crippen LogP contribution in [0.15, 0.2) is 27.1 Å². The Balaban J connectivity index is 1.83. The molecule has 0 atom stereocenters. The number of para-hydroxylation sites is 1. The first-order valence-corrected chi connectivity index (χ1v) is 6.87. The van der Waals surface area contributed by atoms with Crippen molar-refractivity contribution < 1.29 is 4.42 Å². The molecule has 0 amide bonds. The van der Waals surface area contributed by atoms with Crippen LogP contribution in [-0.4, -0.2) is 18.1 Å². The zero-order valence-corrected chi connectivity index (χ0v) is 11.2. The van der Waals surface area contributed by atoms with Crippen LogP contribution in [0.1, 0.15) is 18.7 Å². The average Bonchev–Trinajstić information content (AvgIpc) is 2.74. The number of hydrogen-bond acceptors (Lipinski definition) is 3. The number of benzene rings is 1. The molecular weight excluding hydrogens is 280 g/mol. The van der Waals surface area contributed by atoms with Crippen LogP contribution < -0.4 is 5.32 Å². The lowest BCUT2D eigenvalue weighted by molar-refractivity contribution is 0.346. The van der Waals surface area contributed by atoms with E-state index in [1.54, 1.807) is 0 Å². The fourth-order valence-electron chi connectivity index (χ4n) is 2.38. The van der Waals surface area contributed by atoms with Gasteiger partial charge in [0.05, 0.1) is 4.47 Å². The van der Waals surface area contributed by atoms with E-state index in [9.17, 15) is 0 Å². The van der Waals surface area contributed by atoms with Crippen LogP contribution in [0.5, 0.6) is 0 Å². The van der Waals surface area contributed by atoms with Gasteiger partial charge in [0.25, 0.3) is 0 Å². The largest absolute Gasteiger partial charge is 0.439 e. The highest BCUT2D eigenvalue weighted by molar-refractivity contribution is 9.10. The van der Waals surface area contributed by atoms with Gasteiger partial charge in [-0.05, 0) is 59.9 Å². The molecule has 1 saturated heterocycles. The number of rotatable bonds is 2. The molecule has 0 bridgehead atoms. The minimum atomic E-state index is 0.711. The molecule has 3 rings (SSSR count). The lowest BCUT2D eigenvalue weighted by atomic mass is 9.95. The van der Waals surface area contributed by atoms with Crippen molar-refractivity contribution in [1.29, 1.82) is 0 Å². The third-order valence-corrected chi connectivity index (χ3v) is 3.96. The molecule has 1 aliphatic rings. The summed E-state index contributed by atoms with van der Waals surface area (Å²) in [5, 5.41) is 3.38. The molecule has 1 aromatic carbocycles. The molecule has 0 aliphatic carbocycles. The smallest absolute Gasteiger partial charge is 0.195 e. The third kappa shape index (κ3) is 2.38. The van der Waals surface area contributed by atoms with Crippen molar-refractivity contribution in [3.63, 3.8) is 0 Å². The van der Waals surface area contributed by atoms with E-state index < -0.39 is 0 Å². The second-order valence-corrected chi connectivity index (χ2v) is 5.45. The highest BCUT2D eigenvalue weighted by Gasteiger charge is 2.17. The van der Waals surface area contributed by atoms with Gasteiger partial charge < -0.3 is 9.73 Å². The molecule has 1 N–H and O–H groups in total. The quantitative estimate of drug-likeness (QED) is 0.925. The molecule has 0 radical (unpaired) electrons. The number of fused-ring (bicyclic) bond motifs is 1. The molecular formula is C13H15BrN2O. The van der Waals surface area contributed by atoms with Crippen LogP contribution in [0.3, 0.4) is 0 Å². The fraction of sp³-hybridized carbons (Fsp3) is 0.462. The maximum absolute atomic E-state index is 5.82. The van der Waals surface area contributed by atoms with E-state index in [4.69, 9.17) is 4.42 Å². The van der Waals surface area contributed by atoms with Crippen molar-refractivity contribution in [2.75, 3.05) is 13.1 Å². The molecule has 3 nitrogen and oxygen atoms in total. The monoisotopic (exact) mass is 294 g/mol. The SMILES string of the molecule is Brc1cccc2nc(CC3CCNCC3)oc12. The van der Waals surface area contributed by atoms with Gasteiger partial charge in [-0.1, -0.05) is 6.07 Å². The summed E-state index contributed by atoms with van der Waals surface area (Å²) in [6.07, 6.45) is 3.41. The van der Waals surface area contributed by atoms with Crippen molar-refractivity contribution in [1.82, 2.24) is 10.3 Å². The van der Waals surface area contributed by atoms with Crippen LogP contribution in [0.4, 0.5) is 0 Å². The number of nitrogens with zero attached hydrogens (tertiary/aromatic N) is 1. The van der Waals surface area contributed by atoms with Crippen LogP contribution in [-0.2, 0) is 6.42 Å². The molecule has 0 saturated carbocycles. The average molecular weight is 295 g/mol. The summed E-state index contributed by atoms with van der Waals surface area (Å²) in [6.45, 7) is 2.24. The van der Waals surface area contributed by atoms with E-state index in [2.05, 4.69) is 26.2 Å². The number of piperidine rings is 1. The molecule has 0 spiro atoms. The second-order valence-electron chi connectivity index (χ2n) is 4.59. The Morgan fingerprint density at radius 1 is 1.35 bits per heavy atom. The Hall–Kier alpha value is -0.870. The number of aromatic nitrogens is 1. The standard InChI is InChI=1S/C13H15BrN2O/c14-10-2-1-3-11-13(10)17-12(16-11)8-9-4-6-15-7-5-9/h1-3,9,15H,4-8H2. The van der Waals surface area contributed by atoms with Crippen LogP contribution in [0, 0.1) is 5.92 Å². The van der Waals surface area contributed by atoms with Crippen molar-refractivity contribution in [3.05, 3.63) is 28.6 Å². The molecule has 2 aromatic rings. The first-order chi connectivity index (χ1) is 8.33. The van der Waals surface area contributed by atoms with Crippen molar-refractivity contribution in [2.24, 2.45) is 5.92 Å². The van der Waals surface area contributed by atoms with Gasteiger partial charge >= 0.3 is 0 Å². The van der Waals surface area contributed by atoms with Crippen LogP contribution >= 0.6 is 15.9 Å². The van der Waals surface area contributed by atoms with Gasteiger partial charge in [-0.3, -0.25) is 0 Å². The lowest BCUT2D eigenvalue weighted by Gasteiger charge is -2.20. The Kier molecular flexibility index (Phi) is 3.16. The van der Waals surface area contributed by atoms with E-state index >= 15 is 0 Å². The van der Waals surface area contributed by atoms with Crippen molar-refractivity contribution in [3.8, 4) is 0 Å². The molecule has 1 fully saturated rings. The normalized spacial score (nSPS) is 17.7. The highest BCUT2D eigenvalue weighted by Crippen LogP contribution is 2.26. The van der Waals surface area contributed by atoms with E-state index in [-0.39, 0.29) is 0 Å². The number of nitrogens with one attached hydrogen (secondary N) is 1. The van der Waals surface area contributed by atoms with E-state index in [0.717, 1.165) is 41.0 Å². The predicted octanol–water partition coefficient (Wildman–Crippen LogP) is 3.13. The van der Waals surface area contributed by atoms with Crippen LogP contribution in [0.25, 0.3) is 11.1 Å². The summed E-state index contributed by atoms with van der Waals surface area (Å²) in [5.41, 5.74) is 1.82. The number of oxazole rings is 1. The van der Waals surface area contributed by atoms with Gasteiger partial charge in [0.2, 0.25) is 0 Å². The predicted molar refractivity (Wildman–Crippen MR) is 71.0 cm³/mol. The highest BCUT2D eigenvalue weighted by atomic mass is 79.9. The lowest BCUT2D eigenvalue weighted by Crippen LogP contribution is -2.28. The Bertz CT molecular complexity index is 517. The zero-order valence-electron chi connectivity index (χ0n) is 9.58. The Labute approximate surface area is 109 Å². The Morgan fingerprint density at radius 2 is 2.18 bits per heavy atom. The van der Waals surface area contributed by atoms with E-state index in [0.29, 0.717) is 5.92 Å². The Morgan fingerprint density at radius 3 is 2.94 bits per heavy atom. The minimum absolute atomic E-state index is 0.711. The summed E-state index contributed by atoms with van der Waals surface area (Å²) in [4.78, 5) is 4.55. The summed E-state index contributed by atoms with van der Waals surface area (Å²) in [6, 6.07) is 5.97. The fourth-order valence-corrected chi connectivity index (χ4v) is 2.82. The molecule has 2 heterocycles. The first-order valence-electron chi connectivity index (χ1n) is 6.07. The van der Waals surface area contributed by atoms with Crippen molar-refractivity contribution >= 4 is 27.0 Å². The third-order valence-electron chi connectivity index (χ3n) is 3.33. The van der Waals surface area contributed by atoms with Crippen LogP contribution in [0.2, 0.25) is 0 Å². The van der Waals surface area contributed by atoms with Gasteiger partial charge in [0.1, 0.15) is 5.52 Å². The summed E-state index contributed by atoms with van der Waals surface area (Å²) in [7, 11) is 0. The topological polar surface area (TPSA) is 38.1 Å². The molecule has 17 heavy (non-hydrogen) atoms. The zero-order chi connectivity index (χ0) is 11.7. The molecule has 0 unspecified atom stereocenters. The summed E-state index contributed by atoms with van der Waals surface area (Å²) < 4.78 is 6.81. The van der Waals surface area contributed by atoms with E-state index in [1.807, 2.05) is 18.2 Å². The number of halogens is 1. The summed E-state index contributed by atoms with van der Waals surface area (Å²) >= 11 is 3.49. The van der Waals surface area contributed by atoms with E-state index in [1.165, 1.54) is 12.8 Å². The van der Waals surface area contributed by atoms with Crippen molar-refractivity contribution in [2.45, 2.75) is 19.3 Å². The van der Waals surface area contributed by atoms with Gasteiger partial charge in [-0.2, -0.15) is 0 Å². The maximum Gasteiger partial charge on any atom is 0.195 e.